The second kappa shape index (κ2) is 7.17. The molecule has 10 rings (SSSR count). The van der Waals surface area contributed by atoms with Gasteiger partial charge in [0.1, 0.15) is 5.58 Å². The van der Waals surface area contributed by atoms with Crippen LogP contribution in [-0.4, -0.2) is 16.9 Å². The Bertz CT molecular complexity index is 2190. The van der Waals surface area contributed by atoms with E-state index in [9.17, 15) is 0 Å². The maximum Gasteiger partial charge on any atom is 0.336 e. The first-order valence-corrected chi connectivity index (χ1v) is 15.8. The van der Waals surface area contributed by atoms with Crippen LogP contribution in [0.3, 0.4) is 0 Å². The molecule has 0 amide bonds. The predicted octanol–water partition coefficient (Wildman–Crippen LogP) is 8.53. The molecule has 42 heavy (non-hydrogen) atoms. The zero-order chi connectivity index (χ0) is 28.3. The molecule has 5 heterocycles. The third-order valence-electron chi connectivity index (χ3n) is 11.9. The minimum atomic E-state index is 0.0362. The van der Waals surface area contributed by atoms with E-state index in [0.717, 1.165) is 11.3 Å². The Kier molecular flexibility index (Phi) is 4.03. The Morgan fingerprint density at radius 2 is 1.62 bits per heavy atom. The van der Waals surface area contributed by atoms with Crippen LogP contribution in [0.1, 0.15) is 71.4 Å². The van der Waals surface area contributed by atoms with Crippen molar-refractivity contribution in [3.8, 4) is 11.1 Å². The third kappa shape index (κ3) is 2.43. The summed E-state index contributed by atoms with van der Waals surface area (Å²) in [6.07, 6.45) is 5.05. The first-order chi connectivity index (χ1) is 20.2. The molecule has 0 spiro atoms. The fourth-order valence-electron chi connectivity index (χ4n) is 9.61. The van der Waals surface area contributed by atoms with Crippen molar-refractivity contribution in [3.05, 3.63) is 83.9 Å². The number of fused-ring (bicyclic) bond motifs is 12. The van der Waals surface area contributed by atoms with Crippen molar-refractivity contribution in [1.29, 1.82) is 0 Å². The number of aromatic nitrogens is 1. The van der Waals surface area contributed by atoms with Crippen molar-refractivity contribution < 1.29 is 4.42 Å². The average Bonchev–Trinajstić information content (AvgIpc) is 3.58. The number of anilines is 2. The van der Waals surface area contributed by atoms with Crippen LogP contribution in [0.2, 0.25) is 0 Å². The summed E-state index contributed by atoms with van der Waals surface area (Å²) in [6.45, 7) is 12.3. The van der Waals surface area contributed by atoms with Crippen LogP contribution in [-0.2, 0) is 10.8 Å². The van der Waals surface area contributed by atoms with Crippen LogP contribution >= 0.6 is 0 Å². The molecular formula is C38H35BN2O. The second-order valence-corrected chi connectivity index (χ2v) is 14.9. The quantitative estimate of drug-likeness (QED) is 0.178. The lowest BCUT2D eigenvalue weighted by Gasteiger charge is -2.52. The molecule has 4 aromatic carbocycles. The fraction of sp³-hybridized carbons (Fsp3) is 0.316. The van der Waals surface area contributed by atoms with Gasteiger partial charge >= 0.3 is 6.85 Å². The molecule has 2 unspecified atom stereocenters. The van der Waals surface area contributed by atoms with Crippen molar-refractivity contribution in [2.45, 2.75) is 76.7 Å². The van der Waals surface area contributed by atoms with E-state index in [2.05, 4.69) is 117 Å². The molecule has 1 fully saturated rings. The highest BCUT2D eigenvalue weighted by Gasteiger charge is 2.61. The Morgan fingerprint density at radius 3 is 2.48 bits per heavy atom. The summed E-state index contributed by atoms with van der Waals surface area (Å²) in [5.74, 6) is 0. The second-order valence-electron chi connectivity index (χ2n) is 14.9. The smallest absolute Gasteiger partial charge is 0.336 e. The van der Waals surface area contributed by atoms with Gasteiger partial charge in [0, 0.05) is 38.6 Å². The summed E-state index contributed by atoms with van der Waals surface area (Å²) in [4.78, 5) is 2.83. The molecule has 0 bridgehead atoms. The lowest BCUT2D eigenvalue weighted by molar-refractivity contribution is 0.195. The molecule has 3 aliphatic heterocycles. The normalized spacial score (nSPS) is 23.5. The Morgan fingerprint density at radius 1 is 0.833 bits per heavy atom. The van der Waals surface area contributed by atoms with E-state index in [1.165, 1.54) is 86.3 Å². The third-order valence-corrected chi connectivity index (χ3v) is 11.9. The Balaban J connectivity index is 1.43. The summed E-state index contributed by atoms with van der Waals surface area (Å²) in [5, 5.41) is 3.75. The minimum Gasteiger partial charge on any atom is -0.441 e. The highest BCUT2D eigenvalue weighted by molar-refractivity contribution is 6.90. The van der Waals surface area contributed by atoms with Crippen LogP contribution in [0.25, 0.3) is 44.1 Å². The number of nitrogens with zero attached hydrogens (tertiary/aromatic N) is 2. The van der Waals surface area contributed by atoms with E-state index in [4.69, 9.17) is 4.42 Å². The van der Waals surface area contributed by atoms with Crippen LogP contribution in [0.4, 0.5) is 11.4 Å². The molecule has 4 heteroatoms. The number of furan rings is 1. The molecule has 0 radical (unpaired) electrons. The van der Waals surface area contributed by atoms with Gasteiger partial charge in [-0.15, -0.1) is 0 Å². The van der Waals surface area contributed by atoms with Crippen molar-refractivity contribution >= 4 is 62.1 Å². The maximum absolute atomic E-state index is 6.81. The van der Waals surface area contributed by atoms with Crippen molar-refractivity contribution in [2.75, 3.05) is 4.90 Å². The highest BCUT2D eigenvalue weighted by Crippen LogP contribution is 2.62. The number of hydrogen-bond acceptors (Lipinski definition) is 2. The molecule has 2 atom stereocenters. The van der Waals surface area contributed by atoms with E-state index in [-0.39, 0.29) is 23.2 Å². The van der Waals surface area contributed by atoms with Crippen molar-refractivity contribution in [1.82, 2.24) is 4.48 Å². The summed E-state index contributed by atoms with van der Waals surface area (Å²) >= 11 is 0. The van der Waals surface area contributed by atoms with E-state index in [1.54, 1.807) is 5.56 Å². The van der Waals surface area contributed by atoms with Gasteiger partial charge in [-0.1, -0.05) is 101 Å². The van der Waals surface area contributed by atoms with E-state index in [0.29, 0.717) is 0 Å². The molecule has 206 valence electrons. The van der Waals surface area contributed by atoms with E-state index in [1.807, 2.05) is 0 Å². The highest BCUT2D eigenvalue weighted by atomic mass is 16.3. The Labute approximate surface area is 247 Å². The maximum atomic E-state index is 6.81. The van der Waals surface area contributed by atoms with Crippen LogP contribution in [0, 0.1) is 0 Å². The minimum absolute atomic E-state index is 0.0362. The zero-order valence-electron chi connectivity index (χ0n) is 25.1. The molecule has 1 saturated carbocycles. The summed E-state index contributed by atoms with van der Waals surface area (Å²) < 4.78 is 9.38. The monoisotopic (exact) mass is 546 g/mol. The molecule has 0 N–H and O–H groups in total. The predicted molar refractivity (Wildman–Crippen MR) is 177 cm³/mol. The number of hydrogen-bond donors (Lipinski definition) is 0. The van der Waals surface area contributed by atoms with Crippen LogP contribution in [0.5, 0.6) is 0 Å². The Hall–Kier alpha value is -3.92. The van der Waals surface area contributed by atoms with Gasteiger partial charge in [0.15, 0.2) is 5.71 Å². The topological polar surface area (TPSA) is 21.3 Å². The first kappa shape index (κ1) is 23.6. The van der Waals surface area contributed by atoms with Gasteiger partial charge in [-0.2, -0.15) is 0 Å². The lowest BCUT2D eigenvalue weighted by atomic mass is 9.45. The molecule has 6 aromatic rings. The molecule has 4 aliphatic rings. The first-order valence-electron chi connectivity index (χ1n) is 15.8. The van der Waals surface area contributed by atoms with Crippen LogP contribution < -0.4 is 15.8 Å². The summed E-state index contributed by atoms with van der Waals surface area (Å²) in [5.41, 5.74) is 14.9. The average molecular weight is 547 g/mol. The van der Waals surface area contributed by atoms with Crippen LogP contribution in [0.15, 0.2) is 77.2 Å². The molecule has 2 aromatic heterocycles. The molecule has 1 aliphatic carbocycles. The van der Waals surface area contributed by atoms with Gasteiger partial charge in [-0.05, 0) is 64.9 Å². The van der Waals surface area contributed by atoms with Crippen molar-refractivity contribution in [3.63, 3.8) is 0 Å². The van der Waals surface area contributed by atoms with Gasteiger partial charge in [0.2, 0.25) is 0 Å². The lowest BCUT2D eigenvalue weighted by Crippen LogP contribution is -2.62. The molecule has 3 nitrogen and oxygen atoms in total. The zero-order valence-corrected chi connectivity index (χ0v) is 25.1. The van der Waals surface area contributed by atoms with Gasteiger partial charge in [0.05, 0.1) is 10.9 Å². The molecular weight excluding hydrogens is 511 g/mol. The van der Waals surface area contributed by atoms with Gasteiger partial charge < -0.3 is 13.8 Å². The SMILES string of the molecule is CC(C)(C)c1cc2c3c(c1)N1c4c(cccc4C4(C)CCCCC14C)B3n1c3oc4ccccc4c3c3cccc-2c31. The van der Waals surface area contributed by atoms with E-state index >= 15 is 0 Å². The summed E-state index contributed by atoms with van der Waals surface area (Å²) in [6, 6.07) is 27.7. The number of para-hydroxylation sites is 3. The summed E-state index contributed by atoms with van der Waals surface area (Å²) in [7, 11) is 0. The standard InChI is InChI=1S/C38H35BN2O/c1-36(2,3)22-20-26-23-13-10-14-25-31-24-12-6-7-17-30(24)42-35(31)41(33(23)25)39-28-16-11-15-27-34(28)40(29(21-22)32(26)39)38(5)19-9-8-18-37(27,38)4/h6-7,10-17,20-21H,8-9,18-19H2,1-5H3. The largest absolute Gasteiger partial charge is 0.441 e. The van der Waals surface area contributed by atoms with Gasteiger partial charge in [-0.3, -0.25) is 0 Å². The fourth-order valence-corrected chi connectivity index (χ4v) is 9.61. The van der Waals surface area contributed by atoms with E-state index < -0.39 is 0 Å². The number of benzene rings is 4. The number of rotatable bonds is 0. The van der Waals surface area contributed by atoms with Gasteiger partial charge in [0.25, 0.3) is 0 Å². The molecule has 0 saturated heterocycles. The van der Waals surface area contributed by atoms with Gasteiger partial charge in [-0.25, -0.2) is 0 Å². The van der Waals surface area contributed by atoms with Crippen molar-refractivity contribution in [2.24, 2.45) is 0 Å².